The lowest BCUT2D eigenvalue weighted by atomic mass is 10.2. The van der Waals surface area contributed by atoms with Crippen molar-refractivity contribution in [1.29, 1.82) is 0 Å². The number of halogens is 2. The number of aromatic amines is 1. The van der Waals surface area contributed by atoms with Gasteiger partial charge in [-0.15, -0.1) is 0 Å². The van der Waals surface area contributed by atoms with Crippen LogP contribution in [0, 0.1) is 0 Å². The third-order valence-corrected chi connectivity index (χ3v) is 4.67. The Bertz CT molecular complexity index is 1050. The van der Waals surface area contributed by atoms with Crippen molar-refractivity contribution in [3.05, 3.63) is 79.6 Å². The molecule has 150 valence electrons. The number of hydrogen-bond donors (Lipinski definition) is 2. The Morgan fingerprint density at radius 2 is 2.00 bits per heavy atom. The minimum absolute atomic E-state index is 0.0103. The zero-order valence-electron chi connectivity index (χ0n) is 15.5. The normalized spacial score (nSPS) is 10.9. The number of aromatic nitrogens is 2. The van der Waals surface area contributed by atoms with Crippen molar-refractivity contribution in [3.63, 3.8) is 0 Å². The molecule has 1 aromatic heterocycles. The van der Waals surface area contributed by atoms with Crippen LogP contribution in [0.1, 0.15) is 18.1 Å². The van der Waals surface area contributed by atoms with Gasteiger partial charge in [0.1, 0.15) is 17.3 Å². The predicted octanol–water partition coefficient (Wildman–Crippen LogP) is 4.61. The number of benzene rings is 2. The molecule has 0 spiro atoms. The van der Waals surface area contributed by atoms with E-state index in [1.54, 1.807) is 6.21 Å². The van der Waals surface area contributed by atoms with E-state index >= 15 is 0 Å². The SMILES string of the molecule is CCOc1cc(/C=N\Nc2cn[nH]c(=O)c2Cl)ccc1OCc1ccc(Br)cc1. The largest absolute Gasteiger partial charge is 0.490 e. The maximum Gasteiger partial charge on any atom is 0.285 e. The van der Waals surface area contributed by atoms with E-state index in [0.29, 0.717) is 30.4 Å². The van der Waals surface area contributed by atoms with Crippen molar-refractivity contribution < 1.29 is 9.47 Å². The number of hydrogen-bond acceptors (Lipinski definition) is 6. The highest BCUT2D eigenvalue weighted by Crippen LogP contribution is 2.29. The number of hydrazone groups is 1. The Morgan fingerprint density at radius 3 is 2.76 bits per heavy atom. The summed E-state index contributed by atoms with van der Waals surface area (Å²) in [4.78, 5) is 11.4. The van der Waals surface area contributed by atoms with Gasteiger partial charge in [-0.2, -0.15) is 10.2 Å². The van der Waals surface area contributed by atoms with Crippen LogP contribution in [-0.4, -0.2) is 23.0 Å². The summed E-state index contributed by atoms with van der Waals surface area (Å²) in [6.07, 6.45) is 2.96. The van der Waals surface area contributed by atoms with Crippen LogP contribution in [0.5, 0.6) is 11.5 Å². The number of rotatable bonds is 8. The molecule has 0 saturated carbocycles. The Hall–Kier alpha value is -2.84. The fourth-order valence-corrected chi connectivity index (χ4v) is 2.77. The van der Waals surface area contributed by atoms with Crippen LogP contribution in [0.15, 0.2) is 63.0 Å². The highest BCUT2D eigenvalue weighted by molar-refractivity contribution is 9.10. The average Bonchev–Trinajstić information content (AvgIpc) is 2.72. The van der Waals surface area contributed by atoms with E-state index in [2.05, 4.69) is 36.7 Å². The minimum atomic E-state index is -0.488. The van der Waals surface area contributed by atoms with Crippen LogP contribution in [0.2, 0.25) is 5.02 Å². The van der Waals surface area contributed by atoms with Gasteiger partial charge < -0.3 is 9.47 Å². The van der Waals surface area contributed by atoms with E-state index in [9.17, 15) is 4.79 Å². The highest BCUT2D eigenvalue weighted by atomic mass is 79.9. The molecule has 0 saturated heterocycles. The summed E-state index contributed by atoms with van der Waals surface area (Å²) in [6.45, 7) is 2.83. The standard InChI is InChI=1S/C20H18BrClN4O3/c1-2-28-18-9-14(10-23-25-16-11-24-26-20(27)19(16)22)5-8-17(18)29-12-13-3-6-15(21)7-4-13/h3-11H,2,12H2,1H3,(H2,25,26,27)/b23-10-. The van der Waals surface area contributed by atoms with Crippen molar-refractivity contribution >= 4 is 39.4 Å². The Kier molecular flexibility index (Phi) is 7.26. The molecule has 3 rings (SSSR count). The van der Waals surface area contributed by atoms with Crippen molar-refractivity contribution in [3.8, 4) is 11.5 Å². The van der Waals surface area contributed by atoms with E-state index in [4.69, 9.17) is 21.1 Å². The highest BCUT2D eigenvalue weighted by Gasteiger charge is 2.07. The average molecular weight is 478 g/mol. The molecule has 9 heteroatoms. The van der Waals surface area contributed by atoms with Gasteiger partial charge in [0.2, 0.25) is 0 Å². The summed E-state index contributed by atoms with van der Waals surface area (Å²) in [5.74, 6) is 1.26. The summed E-state index contributed by atoms with van der Waals surface area (Å²) in [5.41, 5.74) is 4.35. The zero-order valence-corrected chi connectivity index (χ0v) is 17.8. The minimum Gasteiger partial charge on any atom is -0.490 e. The van der Waals surface area contributed by atoms with Crippen LogP contribution < -0.4 is 20.5 Å². The second-order valence-corrected chi connectivity index (χ2v) is 7.14. The van der Waals surface area contributed by atoms with E-state index in [0.717, 1.165) is 15.6 Å². The molecular weight excluding hydrogens is 460 g/mol. The predicted molar refractivity (Wildman–Crippen MR) is 117 cm³/mol. The Balaban J connectivity index is 1.70. The Morgan fingerprint density at radius 1 is 1.21 bits per heavy atom. The van der Waals surface area contributed by atoms with Crippen molar-refractivity contribution in [2.45, 2.75) is 13.5 Å². The summed E-state index contributed by atoms with van der Waals surface area (Å²) < 4.78 is 12.6. The lowest BCUT2D eigenvalue weighted by molar-refractivity contribution is 0.269. The van der Waals surface area contributed by atoms with Crippen molar-refractivity contribution in [2.75, 3.05) is 12.0 Å². The van der Waals surface area contributed by atoms with Gasteiger partial charge in [0.15, 0.2) is 11.5 Å². The fourth-order valence-electron chi connectivity index (χ4n) is 2.37. The maximum atomic E-state index is 11.4. The Labute approximate surface area is 180 Å². The van der Waals surface area contributed by atoms with Gasteiger partial charge in [0.25, 0.3) is 5.56 Å². The molecule has 0 aliphatic rings. The van der Waals surface area contributed by atoms with E-state index in [1.807, 2.05) is 49.4 Å². The lowest BCUT2D eigenvalue weighted by Crippen LogP contribution is -2.10. The lowest BCUT2D eigenvalue weighted by Gasteiger charge is -2.12. The first kappa shape index (κ1) is 20.9. The third-order valence-electron chi connectivity index (χ3n) is 3.77. The number of nitrogens with zero attached hydrogens (tertiary/aromatic N) is 2. The second-order valence-electron chi connectivity index (χ2n) is 5.85. The smallest absolute Gasteiger partial charge is 0.285 e. The summed E-state index contributed by atoms with van der Waals surface area (Å²) >= 11 is 9.32. The van der Waals surface area contributed by atoms with E-state index in [-0.39, 0.29) is 5.02 Å². The van der Waals surface area contributed by atoms with Gasteiger partial charge >= 0.3 is 0 Å². The topological polar surface area (TPSA) is 88.6 Å². The first-order valence-corrected chi connectivity index (χ1v) is 9.90. The van der Waals surface area contributed by atoms with Crippen molar-refractivity contribution in [1.82, 2.24) is 10.2 Å². The molecule has 0 bridgehead atoms. The van der Waals surface area contributed by atoms with Crippen LogP contribution in [0.3, 0.4) is 0 Å². The van der Waals surface area contributed by atoms with Crippen LogP contribution >= 0.6 is 27.5 Å². The molecule has 7 nitrogen and oxygen atoms in total. The molecule has 2 N–H and O–H groups in total. The van der Waals surface area contributed by atoms with Gasteiger partial charge in [0, 0.05) is 4.47 Å². The molecule has 0 unspecified atom stereocenters. The number of nitrogens with one attached hydrogen (secondary N) is 2. The first-order chi connectivity index (χ1) is 14.1. The van der Waals surface area contributed by atoms with E-state index < -0.39 is 5.56 Å². The van der Waals surface area contributed by atoms with Crippen LogP contribution in [0.25, 0.3) is 0 Å². The molecule has 0 aliphatic heterocycles. The molecule has 0 atom stereocenters. The van der Waals surface area contributed by atoms with Gasteiger partial charge in [-0.25, -0.2) is 5.10 Å². The number of ether oxygens (including phenoxy) is 2. The molecular formula is C20H18BrClN4O3. The van der Waals surface area contributed by atoms with Gasteiger partial charge in [-0.1, -0.05) is 39.7 Å². The zero-order chi connectivity index (χ0) is 20.6. The fraction of sp³-hybridized carbons (Fsp3) is 0.150. The molecule has 0 radical (unpaired) electrons. The van der Waals surface area contributed by atoms with Gasteiger partial charge in [-0.05, 0) is 48.4 Å². The first-order valence-electron chi connectivity index (χ1n) is 8.73. The molecule has 1 heterocycles. The molecule has 29 heavy (non-hydrogen) atoms. The number of H-pyrrole nitrogens is 1. The van der Waals surface area contributed by atoms with E-state index in [1.165, 1.54) is 6.20 Å². The second kappa shape index (κ2) is 10.1. The molecule has 3 aromatic rings. The molecule has 0 fully saturated rings. The number of anilines is 1. The van der Waals surface area contributed by atoms with Gasteiger partial charge in [0.05, 0.1) is 19.0 Å². The van der Waals surface area contributed by atoms with Crippen molar-refractivity contribution in [2.24, 2.45) is 5.10 Å². The van der Waals surface area contributed by atoms with Gasteiger partial charge in [-0.3, -0.25) is 10.2 Å². The summed E-state index contributed by atoms with van der Waals surface area (Å²) in [6, 6.07) is 13.4. The molecule has 0 amide bonds. The summed E-state index contributed by atoms with van der Waals surface area (Å²) in [7, 11) is 0. The quantitative estimate of drug-likeness (QED) is 0.365. The third kappa shape index (κ3) is 5.82. The van der Waals surface area contributed by atoms with Crippen LogP contribution in [0.4, 0.5) is 5.69 Å². The van der Waals surface area contributed by atoms with Crippen LogP contribution in [-0.2, 0) is 6.61 Å². The molecule has 2 aromatic carbocycles. The summed E-state index contributed by atoms with van der Waals surface area (Å²) in [5, 5.41) is 10.00. The molecule has 0 aliphatic carbocycles. The monoisotopic (exact) mass is 476 g/mol. The maximum absolute atomic E-state index is 11.4.